The summed E-state index contributed by atoms with van der Waals surface area (Å²) in [5.74, 6) is 1.42. The molecule has 0 aliphatic carbocycles. The Morgan fingerprint density at radius 2 is 2.05 bits per heavy atom. The van der Waals surface area contributed by atoms with E-state index in [4.69, 9.17) is 9.47 Å². The maximum absolute atomic E-state index is 10.5. The van der Waals surface area contributed by atoms with Crippen LogP contribution in [0, 0.1) is 6.92 Å². The number of aliphatic hydroxyl groups is 1. The topological polar surface area (TPSA) is 38.7 Å². The molecule has 0 fully saturated rings. The summed E-state index contributed by atoms with van der Waals surface area (Å²) >= 11 is 0. The van der Waals surface area contributed by atoms with Gasteiger partial charge in [-0.2, -0.15) is 0 Å². The molecule has 0 bridgehead atoms. The first kappa shape index (κ1) is 14.0. The third-order valence-corrected chi connectivity index (χ3v) is 4.13. The zero-order chi connectivity index (χ0) is 15.0. The Bertz CT molecular complexity index is 665. The molecule has 0 saturated carbocycles. The molecule has 3 heteroatoms. The monoisotopic (exact) mass is 284 g/mol. The standard InChI is InChI=1S/C18H20O3/c1-12-5-4-6-13(9-12)18(2)11-16(19)15-8-7-14(20-3)10-17(15)21-18/h4-10,16,19H,11H2,1-3H3/t16-,18?/m1/s1. The van der Waals surface area contributed by atoms with Crippen LogP contribution in [0.1, 0.15) is 36.1 Å². The quantitative estimate of drug-likeness (QED) is 0.913. The van der Waals surface area contributed by atoms with Crippen LogP contribution in [0.15, 0.2) is 42.5 Å². The summed E-state index contributed by atoms with van der Waals surface area (Å²) in [4.78, 5) is 0. The molecule has 2 aromatic rings. The van der Waals surface area contributed by atoms with Gasteiger partial charge < -0.3 is 14.6 Å². The first-order valence-corrected chi connectivity index (χ1v) is 7.14. The van der Waals surface area contributed by atoms with Crippen molar-refractivity contribution >= 4 is 0 Å². The van der Waals surface area contributed by atoms with Crippen molar-refractivity contribution in [3.8, 4) is 11.5 Å². The van der Waals surface area contributed by atoms with Crippen LogP contribution in [0.4, 0.5) is 0 Å². The van der Waals surface area contributed by atoms with Crippen molar-refractivity contribution in [1.29, 1.82) is 0 Å². The van der Waals surface area contributed by atoms with Gasteiger partial charge in [0, 0.05) is 18.1 Å². The number of aliphatic hydroxyl groups excluding tert-OH is 1. The highest BCUT2D eigenvalue weighted by Crippen LogP contribution is 2.45. The Morgan fingerprint density at radius 3 is 2.76 bits per heavy atom. The second kappa shape index (κ2) is 5.08. The van der Waals surface area contributed by atoms with Gasteiger partial charge in [-0.15, -0.1) is 0 Å². The van der Waals surface area contributed by atoms with Gasteiger partial charge in [0.25, 0.3) is 0 Å². The lowest BCUT2D eigenvalue weighted by molar-refractivity contribution is -0.00506. The fraction of sp³-hybridized carbons (Fsp3) is 0.333. The number of hydrogen-bond acceptors (Lipinski definition) is 3. The third-order valence-electron chi connectivity index (χ3n) is 4.13. The average Bonchev–Trinajstić information content (AvgIpc) is 2.46. The molecule has 0 aromatic heterocycles. The van der Waals surface area contributed by atoms with Gasteiger partial charge in [-0.1, -0.05) is 29.8 Å². The number of aryl methyl sites for hydroxylation is 1. The maximum atomic E-state index is 10.5. The van der Waals surface area contributed by atoms with E-state index >= 15 is 0 Å². The van der Waals surface area contributed by atoms with Gasteiger partial charge in [-0.3, -0.25) is 0 Å². The van der Waals surface area contributed by atoms with E-state index < -0.39 is 11.7 Å². The van der Waals surface area contributed by atoms with Gasteiger partial charge in [-0.05, 0) is 31.5 Å². The number of methoxy groups -OCH3 is 1. The minimum Gasteiger partial charge on any atom is -0.497 e. The third kappa shape index (κ3) is 2.49. The molecule has 110 valence electrons. The van der Waals surface area contributed by atoms with E-state index in [1.807, 2.05) is 37.3 Å². The van der Waals surface area contributed by atoms with Crippen LogP contribution < -0.4 is 9.47 Å². The summed E-state index contributed by atoms with van der Waals surface area (Å²) in [6, 6.07) is 13.8. The predicted octanol–water partition coefficient (Wildman–Crippen LogP) is 3.73. The van der Waals surface area contributed by atoms with Crippen molar-refractivity contribution in [2.75, 3.05) is 7.11 Å². The molecule has 3 rings (SSSR count). The summed E-state index contributed by atoms with van der Waals surface area (Å²) < 4.78 is 11.5. The van der Waals surface area contributed by atoms with Gasteiger partial charge in [0.1, 0.15) is 17.1 Å². The maximum Gasteiger partial charge on any atom is 0.134 e. The molecule has 0 saturated heterocycles. The first-order valence-electron chi connectivity index (χ1n) is 7.14. The highest BCUT2D eigenvalue weighted by atomic mass is 16.5. The Morgan fingerprint density at radius 1 is 1.24 bits per heavy atom. The van der Waals surface area contributed by atoms with E-state index in [0.717, 1.165) is 16.9 Å². The predicted molar refractivity (Wildman–Crippen MR) is 81.7 cm³/mol. The molecule has 0 radical (unpaired) electrons. The first-order chi connectivity index (χ1) is 10.0. The van der Waals surface area contributed by atoms with Gasteiger partial charge in [0.2, 0.25) is 0 Å². The molecule has 3 nitrogen and oxygen atoms in total. The summed E-state index contributed by atoms with van der Waals surface area (Å²) in [5.41, 5.74) is 2.55. The van der Waals surface area contributed by atoms with E-state index in [2.05, 4.69) is 19.1 Å². The number of ether oxygens (including phenoxy) is 2. The molecule has 21 heavy (non-hydrogen) atoms. The van der Waals surface area contributed by atoms with Gasteiger partial charge >= 0.3 is 0 Å². The van der Waals surface area contributed by atoms with Crippen molar-refractivity contribution in [2.24, 2.45) is 0 Å². The highest BCUT2D eigenvalue weighted by molar-refractivity contribution is 5.45. The van der Waals surface area contributed by atoms with Crippen LogP contribution >= 0.6 is 0 Å². The van der Waals surface area contributed by atoms with Crippen LogP contribution in [0.2, 0.25) is 0 Å². The fourth-order valence-corrected chi connectivity index (χ4v) is 2.92. The zero-order valence-electron chi connectivity index (χ0n) is 12.6. The molecule has 0 spiro atoms. The lowest BCUT2D eigenvalue weighted by atomic mass is 9.84. The molecule has 1 aliphatic rings. The molecule has 2 atom stereocenters. The molecule has 1 aliphatic heterocycles. The van der Waals surface area contributed by atoms with Crippen LogP contribution in [-0.2, 0) is 5.60 Å². The minimum atomic E-state index is -0.537. The zero-order valence-corrected chi connectivity index (χ0v) is 12.6. The summed E-state index contributed by atoms with van der Waals surface area (Å²) in [7, 11) is 1.63. The molecular formula is C18H20O3. The largest absolute Gasteiger partial charge is 0.497 e. The number of rotatable bonds is 2. The highest BCUT2D eigenvalue weighted by Gasteiger charge is 2.38. The van der Waals surface area contributed by atoms with Crippen molar-refractivity contribution in [3.05, 3.63) is 59.2 Å². The lowest BCUT2D eigenvalue weighted by Gasteiger charge is -2.38. The Hall–Kier alpha value is -2.00. The van der Waals surface area contributed by atoms with E-state index in [0.29, 0.717) is 12.2 Å². The fourth-order valence-electron chi connectivity index (χ4n) is 2.92. The van der Waals surface area contributed by atoms with Gasteiger partial charge in [0.15, 0.2) is 0 Å². The number of fused-ring (bicyclic) bond motifs is 1. The van der Waals surface area contributed by atoms with Crippen LogP contribution in [0.3, 0.4) is 0 Å². The summed E-state index contributed by atoms with van der Waals surface area (Å²) in [5, 5.41) is 10.5. The van der Waals surface area contributed by atoms with Crippen molar-refractivity contribution in [2.45, 2.75) is 32.0 Å². The SMILES string of the molecule is COc1ccc2c(c1)OC(C)(c1cccc(C)c1)C[C@H]2O. The van der Waals surface area contributed by atoms with Crippen LogP contribution in [0.5, 0.6) is 11.5 Å². The van der Waals surface area contributed by atoms with Crippen LogP contribution in [-0.4, -0.2) is 12.2 Å². The van der Waals surface area contributed by atoms with Crippen molar-refractivity contribution in [3.63, 3.8) is 0 Å². The Labute approximate surface area is 125 Å². The van der Waals surface area contributed by atoms with Gasteiger partial charge in [0.05, 0.1) is 13.2 Å². The van der Waals surface area contributed by atoms with Crippen molar-refractivity contribution in [1.82, 2.24) is 0 Å². The Kier molecular flexibility index (Phi) is 3.38. The summed E-state index contributed by atoms with van der Waals surface area (Å²) in [6.07, 6.45) is 0.000601. The molecule has 0 amide bonds. The lowest BCUT2D eigenvalue weighted by Crippen LogP contribution is -2.35. The van der Waals surface area contributed by atoms with Crippen molar-refractivity contribution < 1.29 is 14.6 Å². The molecular weight excluding hydrogens is 264 g/mol. The number of benzene rings is 2. The second-order valence-electron chi connectivity index (χ2n) is 5.83. The number of hydrogen-bond donors (Lipinski definition) is 1. The minimum absolute atomic E-state index is 0.537. The van der Waals surface area contributed by atoms with E-state index in [-0.39, 0.29) is 0 Å². The van der Waals surface area contributed by atoms with E-state index in [9.17, 15) is 5.11 Å². The molecule has 1 N–H and O–H groups in total. The average molecular weight is 284 g/mol. The molecule has 1 heterocycles. The summed E-state index contributed by atoms with van der Waals surface area (Å²) in [6.45, 7) is 4.08. The van der Waals surface area contributed by atoms with Gasteiger partial charge in [-0.25, -0.2) is 0 Å². The van der Waals surface area contributed by atoms with E-state index in [1.54, 1.807) is 7.11 Å². The van der Waals surface area contributed by atoms with E-state index in [1.165, 1.54) is 5.56 Å². The molecule has 2 aromatic carbocycles. The second-order valence-corrected chi connectivity index (χ2v) is 5.83. The molecule has 1 unspecified atom stereocenters. The van der Waals surface area contributed by atoms with Crippen LogP contribution in [0.25, 0.3) is 0 Å². The smallest absolute Gasteiger partial charge is 0.134 e. The normalized spacial score (nSPS) is 24.1. The Balaban J connectivity index is 2.03.